The lowest BCUT2D eigenvalue weighted by molar-refractivity contribution is 0.850. The Hall–Kier alpha value is -1.56. The zero-order valence-corrected chi connectivity index (χ0v) is 11.7. The summed E-state index contributed by atoms with van der Waals surface area (Å²) in [6.45, 7) is 10.6. The molecule has 0 heterocycles. The lowest BCUT2D eigenvalue weighted by Gasteiger charge is -2.17. The molecule has 1 aliphatic rings. The first-order chi connectivity index (χ1) is 8.69. The topological polar surface area (TPSA) is 0 Å². The number of rotatable bonds is 3. The molecule has 0 saturated carbocycles. The minimum atomic E-state index is 0.535. The molecule has 2 rings (SSSR count). The van der Waals surface area contributed by atoms with Gasteiger partial charge in [-0.3, -0.25) is 0 Å². The van der Waals surface area contributed by atoms with E-state index >= 15 is 0 Å². The Kier molecular flexibility index (Phi) is 3.86. The summed E-state index contributed by atoms with van der Waals surface area (Å²) in [4.78, 5) is 0. The summed E-state index contributed by atoms with van der Waals surface area (Å²) in [5, 5.41) is 2.82. The lowest BCUT2D eigenvalue weighted by Crippen LogP contribution is -2.32. The third-order valence-electron chi connectivity index (χ3n) is 3.52. The van der Waals surface area contributed by atoms with Crippen LogP contribution < -0.4 is 10.4 Å². The Morgan fingerprint density at radius 2 is 1.94 bits per heavy atom. The first kappa shape index (κ1) is 12.9. The molecule has 0 saturated heterocycles. The molecule has 0 N–H and O–H groups in total. The highest BCUT2D eigenvalue weighted by molar-refractivity contribution is 5.69. The van der Waals surface area contributed by atoms with Gasteiger partial charge >= 0.3 is 0 Å². The summed E-state index contributed by atoms with van der Waals surface area (Å²) in [5.41, 5.74) is 4.06. The Labute approximate surface area is 110 Å². The largest absolute Gasteiger partial charge is 0.0984 e. The maximum atomic E-state index is 3.97. The van der Waals surface area contributed by atoms with Crippen molar-refractivity contribution in [2.45, 2.75) is 39.5 Å². The van der Waals surface area contributed by atoms with Gasteiger partial charge in [0.25, 0.3) is 0 Å². The minimum absolute atomic E-state index is 0.535. The van der Waals surface area contributed by atoms with E-state index < -0.39 is 0 Å². The van der Waals surface area contributed by atoms with Crippen molar-refractivity contribution in [3.63, 3.8) is 0 Å². The van der Waals surface area contributed by atoms with E-state index in [0.29, 0.717) is 5.92 Å². The summed E-state index contributed by atoms with van der Waals surface area (Å²) in [5.74, 6) is 0.535. The van der Waals surface area contributed by atoms with Crippen LogP contribution in [-0.2, 0) is 0 Å². The van der Waals surface area contributed by atoms with Gasteiger partial charge in [-0.15, -0.1) is 0 Å². The summed E-state index contributed by atoms with van der Waals surface area (Å²) < 4.78 is 0. The summed E-state index contributed by atoms with van der Waals surface area (Å²) in [7, 11) is 0. The molecule has 0 atom stereocenters. The predicted octanol–water partition coefficient (Wildman–Crippen LogP) is 3.84. The molecule has 0 bridgehead atoms. The van der Waals surface area contributed by atoms with Crippen LogP contribution in [0.1, 0.15) is 56.2 Å². The lowest BCUT2D eigenvalue weighted by atomic mass is 9.88. The van der Waals surface area contributed by atoms with Crippen molar-refractivity contribution in [3.8, 4) is 0 Å². The highest BCUT2D eigenvalue weighted by Crippen LogP contribution is 2.21. The average molecular weight is 238 g/mol. The second kappa shape index (κ2) is 5.39. The molecule has 18 heavy (non-hydrogen) atoms. The van der Waals surface area contributed by atoms with E-state index in [-0.39, 0.29) is 0 Å². The van der Waals surface area contributed by atoms with Crippen molar-refractivity contribution in [3.05, 3.63) is 45.8 Å². The van der Waals surface area contributed by atoms with Crippen molar-refractivity contribution in [1.82, 2.24) is 0 Å². The van der Waals surface area contributed by atoms with Gasteiger partial charge < -0.3 is 0 Å². The Morgan fingerprint density at radius 3 is 2.56 bits per heavy atom. The molecule has 0 spiro atoms. The standard InChI is InChI=1S/C18H22/c1-5-9-16-14(6-2)12-15-10-7-8-11-17(15)18(16)13(3)4/h5-6,9-13H,2,7-8H2,1,3-4H3/b9-5-. The molecule has 1 aliphatic carbocycles. The van der Waals surface area contributed by atoms with Gasteiger partial charge in [0.1, 0.15) is 0 Å². The number of hydrogen-bond donors (Lipinski definition) is 0. The van der Waals surface area contributed by atoms with Crippen LogP contribution >= 0.6 is 0 Å². The first-order valence-corrected chi connectivity index (χ1v) is 6.81. The van der Waals surface area contributed by atoms with E-state index in [1.54, 1.807) is 0 Å². The van der Waals surface area contributed by atoms with Crippen LogP contribution in [0.5, 0.6) is 0 Å². The van der Waals surface area contributed by atoms with Crippen LogP contribution in [0.3, 0.4) is 0 Å². The molecular weight excluding hydrogens is 216 g/mol. The van der Waals surface area contributed by atoms with E-state index in [9.17, 15) is 0 Å². The van der Waals surface area contributed by atoms with Crippen LogP contribution in [0.4, 0.5) is 0 Å². The van der Waals surface area contributed by atoms with Gasteiger partial charge in [0, 0.05) is 0 Å². The molecule has 0 nitrogen and oxygen atoms in total. The van der Waals surface area contributed by atoms with Crippen LogP contribution in [0, 0.1) is 0 Å². The van der Waals surface area contributed by atoms with Gasteiger partial charge in [0.15, 0.2) is 0 Å². The Morgan fingerprint density at radius 1 is 1.22 bits per heavy atom. The molecule has 94 valence electrons. The molecule has 0 radical (unpaired) electrons. The second-order valence-corrected chi connectivity index (χ2v) is 5.14. The van der Waals surface area contributed by atoms with Crippen LogP contribution in [-0.4, -0.2) is 0 Å². The van der Waals surface area contributed by atoms with Gasteiger partial charge in [-0.2, -0.15) is 0 Å². The fourth-order valence-electron chi connectivity index (χ4n) is 2.79. The molecule has 1 aromatic carbocycles. The van der Waals surface area contributed by atoms with E-state index in [1.165, 1.54) is 27.1 Å². The number of benzene rings is 1. The van der Waals surface area contributed by atoms with Gasteiger partial charge in [-0.25, -0.2) is 0 Å². The van der Waals surface area contributed by atoms with E-state index in [0.717, 1.165) is 12.8 Å². The van der Waals surface area contributed by atoms with Gasteiger partial charge in [0.05, 0.1) is 0 Å². The average Bonchev–Trinajstić information content (AvgIpc) is 2.37. The molecular formula is C18H22. The molecule has 0 unspecified atom stereocenters. The Bertz CT molecular complexity index is 598. The highest BCUT2D eigenvalue weighted by atomic mass is 14.2. The quantitative estimate of drug-likeness (QED) is 0.750. The molecule has 0 fully saturated rings. The van der Waals surface area contributed by atoms with Crippen LogP contribution in [0.25, 0.3) is 24.3 Å². The van der Waals surface area contributed by atoms with Crippen molar-refractivity contribution >= 4 is 24.3 Å². The number of hydrogen-bond acceptors (Lipinski definition) is 0. The third-order valence-corrected chi connectivity index (χ3v) is 3.52. The van der Waals surface area contributed by atoms with Gasteiger partial charge in [-0.1, -0.05) is 50.8 Å². The summed E-state index contributed by atoms with van der Waals surface area (Å²) in [6, 6.07) is 2.28. The fraction of sp³-hybridized carbons (Fsp3) is 0.333. The van der Waals surface area contributed by atoms with Crippen molar-refractivity contribution in [1.29, 1.82) is 0 Å². The summed E-state index contributed by atoms with van der Waals surface area (Å²) >= 11 is 0. The smallest absolute Gasteiger partial charge is 0.0146 e. The maximum absolute atomic E-state index is 3.97. The molecule has 1 aromatic rings. The third kappa shape index (κ3) is 2.20. The van der Waals surface area contributed by atoms with E-state index in [2.05, 4.69) is 57.7 Å². The number of allylic oxidation sites excluding steroid dienone is 1. The van der Waals surface area contributed by atoms with Gasteiger partial charge in [0.2, 0.25) is 0 Å². The van der Waals surface area contributed by atoms with Crippen molar-refractivity contribution in [2.75, 3.05) is 0 Å². The van der Waals surface area contributed by atoms with E-state index in [4.69, 9.17) is 0 Å². The maximum Gasteiger partial charge on any atom is -0.0146 e. The zero-order valence-electron chi connectivity index (χ0n) is 11.7. The van der Waals surface area contributed by atoms with Crippen LogP contribution in [0.15, 0.2) is 18.7 Å². The van der Waals surface area contributed by atoms with Crippen molar-refractivity contribution in [2.24, 2.45) is 0 Å². The second-order valence-electron chi connectivity index (χ2n) is 5.14. The highest BCUT2D eigenvalue weighted by Gasteiger charge is 2.12. The van der Waals surface area contributed by atoms with Gasteiger partial charge in [-0.05, 0) is 58.9 Å². The summed E-state index contributed by atoms with van der Waals surface area (Å²) in [6.07, 6.45) is 13.4. The minimum Gasteiger partial charge on any atom is -0.0984 e. The molecule has 0 aromatic heterocycles. The molecule has 0 aliphatic heterocycles. The zero-order chi connectivity index (χ0) is 13.1. The molecule has 0 amide bonds. The van der Waals surface area contributed by atoms with E-state index in [1.807, 2.05) is 6.08 Å². The first-order valence-electron chi connectivity index (χ1n) is 6.81. The van der Waals surface area contributed by atoms with Crippen molar-refractivity contribution < 1.29 is 0 Å². The van der Waals surface area contributed by atoms with Crippen LogP contribution in [0.2, 0.25) is 0 Å². The predicted molar refractivity (Wildman–Crippen MR) is 82.7 cm³/mol. The monoisotopic (exact) mass is 238 g/mol. The molecule has 0 heteroatoms. The number of fused-ring (bicyclic) bond motifs is 1. The normalized spacial score (nSPS) is 14.2. The fourth-order valence-corrected chi connectivity index (χ4v) is 2.79. The Balaban J connectivity index is 2.92. The SMILES string of the molecule is C=Cc1cc2c(c(C(C)C)c1/C=C\C)=CCCC=2.